The summed E-state index contributed by atoms with van der Waals surface area (Å²) in [7, 11) is -4.08. The zero-order valence-electron chi connectivity index (χ0n) is 23.1. The topological polar surface area (TPSA) is 131 Å². The van der Waals surface area contributed by atoms with E-state index in [1.165, 1.54) is 12.1 Å². The minimum absolute atomic E-state index is 0.00298. The van der Waals surface area contributed by atoms with E-state index >= 15 is 0 Å². The Kier molecular flexibility index (Phi) is 8.35. The number of nitrogens with one attached hydrogen (secondary N) is 1. The van der Waals surface area contributed by atoms with Crippen molar-refractivity contribution in [2.75, 3.05) is 17.5 Å². The number of imidazole rings is 1. The minimum atomic E-state index is -4.08. The number of hydrogen-bond acceptors (Lipinski definition) is 6. The zero-order valence-corrected chi connectivity index (χ0v) is 23.9. The van der Waals surface area contributed by atoms with Gasteiger partial charge in [0.1, 0.15) is 18.2 Å². The molecule has 0 aliphatic heterocycles. The summed E-state index contributed by atoms with van der Waals surface area (Å²) in [6.45, 7) is 1.90. The van der Waals surface area contributed by atoms with E-state index in [1.54, 1.807) is 37.3 Å². The Bertz CT molecular complexity index is 1820. The predicted octanol–water partition coefficient (Wildman–Crippen LogP) is 4.72. The Hall–Kier alpha value is -4.96. The number of sulfonamides is 1. The lowest BCUT2D eigenvalue weighted by molar-refractivity contribution is -0.141. The van der Waals surface area contributed by atoms with E-state index < -0.39 is 22.5 Å². The molecule has 5 rings (SSSR count). The van der Waals surface area contributed by atoms with Crippen LogP contribution < -0.4 is 10.0 Å². The predicted molar refractivity (Wildman–Crippen MR) is 163 cm³/mol. The summed E-state index contributed by atoms with van der Waals surface area (Å²) >= 11 is 0. The highest BCUT2D eigenvalue weighted by molar-refractivity contribution is 7.92. The number of benzene rings is 4. The molecule has 42 heavy (non-hydrogen) atoms. The van der Waals surface area contributed by atoms with E-state index in [1.807, 2.05) is 60.7 Å². The van der Waals surface area contributed by atoms with Crippen molar-refractivity contribution in [1.29, 1.82) is 5.41 Å². The molecule has 0 saturated heterocycles. The molecule has 0 aliphatic rings. The lowest BCUT2D eigenvalue weighted by Gasteiger charge is -2.23. The van der Waals surface area contributed by atoms with Crippen LogP contribution >= 0.6 is 0 Å². The van der Waals surface area contributed by atoms with Gasteiger partial charge in [0.2, 0.25) is 0 Å². The molecule has 0 spiro atoms. The number of nitrogens with two attached hydrogens (primary N) is 1. The fourth-order valence-electron chi connectivity index (χ4n) is 4.74. The van der Waals surface area contributed by atoms with Gasteiger partial charge < -0.3 is 15.0 Å². The average molecular weight is 582 g/mol. The van der Waals surface area contributed by atoms with Crippen LogP contribution in [0.5, 0.6) is 0 Å². The van der Waals surface area contributed by atoms with Gasteiger partial charge in [0.05, 0.1) is 28.2 Å². The van der Waals surface area contributed by atoms with Crippen LogP contribution in [0.4, 0.5) is 5.69 Å². The molecule has 0 bridgehead atoms. The molecular formula is C32H31N5O4S. The van der Waals surface area contributed by atoms with Gasteiger partial charge in [-0.05, 0) is 48.4 Å². The molecule has 0 fully saturated rings. The first-order valence-corrected chi connectivity index (χ1v) is 14.9. The molecule has 0 aliphatic carbocycles. The minimum Gasteiger partial charge on any atom is -0.465 e. The third-order valence-electron chi connectivity index (χ3n) is 6.82. The Labute approximate surface area is 244 Å². The highest BCUT2D eigenvalue weighted by atomic mass is 32.2. The molecule has 0 radical (unpaired) electrons. The first-order valence-electron chi connectivity index (χ1n) is 13.5. The van der Waals surface area contributed by atoms with Crippen molar-refractivity contribution in [1.82, 2.24) is 9.55 Å². The van der Waals surface area contributed by atoms with Crippen LogP contribution in [-0.4, -0.2) is 42.9 Å². The fourth-order valence-corrected chi connectivity index (χ4v) is 6.17. The van der Waals surface area contributed by atoms with Crippen molar-refractivity contribution < 1.29 is 17.9 Å². The number of rotatable bonds is 11. The number of anilines is 1. The van der Waals surface area contributed by atoms with E-state index in [0.717, 1.165) is 26.8 Å². The highest BCUT2D eigenvalue weighted by Crippen LogP contribution is 2.29. The van der Waals surface area contributed by atoms with E-state index in [-0.39, 0.29) is 17.3 Å². The number of nitrogen functional groups attached to an aromatic ring is 1. The van der Waals surface area contributed by atoms with Crippen LogP contribution in [0.15, 0.2) is 108 Å². The molecule has 0 amide bonds. The number of nitrogens with zero attached hydrogens (tertiary/aromatic N) is 3. The zero-order chi connectivity index (χ0) is 29.7. The summed E-state index contributed by atoms with van der Waals surface area (Å²) in [5.74, 6) is 0.133. The number of esters is 1. The SMILES string of the molecule is CCOC(=O)CN(c1ccc2c(c1)nc(Cc1ccc(C(=N)N)cc1)n2Cc1ccccc1)S(=O)(=O)c1ccccc1. The Morgan fingerprint density at radius 1 is 0.929 bits per heavy atom. The van der Waals surface area contributed by atoms with Gasteiger partial charge in [0, 0.05) is 18.5 Å². The Balaban J connectivity index is 1.59. The molecule has 10 heteroatoms. The number of amidine groups is 1. The maximum absolute atomic E-state index is 13.7. The molecule has 1 aromatic heterocycles. The maximum atomic E-state index is 13.7. The molecule has 5 aromatic rings. The largest absolute Gasteiger partial charge is 0.465 e. The van der Waals surface area contributed by atoms with Crippen LogP contribution in [0.3, 0.4) is 0 Å². The molecule has 1 heterocycles. The highest BCUT2D eigenvalue weighted by Gasteiger charge is 2.28. The summed E-state index contributed by atoms with van der Waals surface area (Å²) in [4.78, 5) is 17.5. The van der Waals surface area contributed by atoms with Crippen molar-refractivity contribution in [2.45, 2.75) is 24.8 Å². The van der Waals surface area contributed by atoms with Crippen molar-refractivity contribution in [3.8, 4) is 0 Å². The Morgan fingerprint density at radius 2 is 1.60 bits per heavy atom. The molecule has 4 aromatic carbocycles. The maximum Gasteiger partial charge on any atom is 0.326 e. The summed E-state index contributed by atoms with van der Waals surface area (Å²) in [5.41, 5.74) is 10.1. The number of aromatic nitrogens is 2. The molecule has 9 nitrogen and oxygen atoms in total. The summed E-state index contributed by atoms with van der Waals surface area (Å²) < 4.78 is 35.7. The standard InChI is InChI=1S/C32H31N5O4S/c1-2-41-31(38)22-37(42(39,40)27-11-7-4-8-12-27)26-17-18-29-28(20-26)35-30(36(29)21-24-9-5-3-6-10-24)19-23-13-15-25(16-14-23)32(33)34/h3-18,20H,2,19,21-22H2,1H3,(H3,33,34). The van der Waals surface area contributed by atoms with Crippen molar-refractivity contribution in [2.24, 2.45) is 5.73 Å². The lowest BCUT2D eigenvalue weighted by Crippen LogP contribution is -2.36. The molecule has 0 saturated carbocycles. The first-order chi connectivity index (χ1) is 20.3. The number of carbonyl (C=O) groups excluding carboxylic acids is 1. The van der Waals surface area contributed by atoms with Gasteiger partial charge in [-0.1, -0.05) is 72.8 Å². The molecule has 214 valence electrons. The third kappa shape index (κ3) is 6.18. The van der Waals surface area contributed by atoms with Crippen LogP contribution in [0.2, 0.25) is 0 Å². The van der Waals surface area contributed by atoms with Gasteiger partial charge in [-0.3, -0.25) is 14.5 Å². The third-order valence-corrected chi connectivity index (χ3v) is 8.61. The van der Waals surface area contributed by atoms with Crippen LogP contribution in [0.25, 0.3) is 11.0 Å². The Morgan fingerprint density at radius 3 is 2.24 bits per heavy atom. The van der Waals surface area contributed by atoms with E-state index in [4.69, 9.17) is 20.9 Å². The second-order valence-electron chi connectivity index (χ2n) is 9.69. The van der Waals surface area contributed by atoms with Gasteiger partial charge >= 0.3 is 5.97 Å². The second-order valence-corrected chi connectivity index (χ2v) is 11.6. The fraction of sp³-hybridized carbons (Fsp3) is 0.156. The smallest absolute Gasteiger partial charge is 0.326 e. The van der Waals surface area contributed by atoms with Gasteiger partial charge in [-0.25, -0.2) is 13.4 Å². The summed E-state index contributed by atoms with van der Waals surface area (Å²) in [5, 5.41) is 7.66. The molecule has 0 unspecified atom stereocenters. The summed E-state index contributed by atoms with van der Waals surface area (Å²) in [6, 6.07) is 30.7. The van der Waals surface area contributed by atoms with Crippen LogP contribution in [-0.2, 0) is 32.5 Å². The molecule has 3 N–H and O–H groups in total. The van der Waals surface area contributed by atoms with E-state index in [0.29, 0.717) is 29.7 Å². The number of hydrogen-bond donors (Lipinski definition) is 2. The van der Waals surface area contributed by atoms with Crippen LogP contribution in [0, 0.1) is 5.41 Å². The van der Waals surface area contributed by atoms with E-state index in [9.17, 15) is 13.2 Å². The van der Waals surface area contributed by atoms with Crippen molar-refractivity contribution >= 4 is 38.5 Å². The van der Waals surface area contributed by atoms with Gasteiger partial charge in [0.25, 0.3) is 10.0 Å². The number of ether oxygens (including phenoxy) is 1. The van der Waals surface area contributed by atoms with Gasteiger partial charge in [-0.2, -0.15) is 0 Å². The van der Waals surface area contributed by atoms with Crippen LogP contribution in [0.1, 0.15) is 29.4 Å². The number of carbonyl (C=O) groups is 1. The first kappa shape index (κ1) is 28.6. The molecule has 0 atom stereocenters. The second kappa shape index (κ2) is 12.3. The van der Waals surface area contributed by atoms with E-state index in [2.05, 4.69) is 4.57 Å². The van der Waals surface area contributed by atoms with Crippen molar-refractivity contribution in [3.05, 3.63) is 126 Å². The lowest BCUT2D eigenvalue weighted by atomic mass is 10.1. The average Bonchev–Trinajstić information content (AvgIpc) is 3.32. The normalized spacial score (nSPS) is 11.4. The van der Waals surface area contributed by atoms with Gasteiger partial charge in [-0.15, -0.1) is 0 Å². The van der Waals surface area contributed by atoms with Gasteiger partial charge in [0.15, 0.2) is 0 Å². The quantitative estimate of drug-likeness (QED) is 0.132. The summed E-state index contributed by atoms with van der Waals surface area (Å²) in [6.07, 6.45) is 0.504. The molecular weight excluding hydrogens is 550 g/mol. The monoisotopic (exact) mass is 581 g/mol. The van der Waals surface area contributed by atoms with Crippen molar-refractivity contribution in [3.63, 3.8) is 0 Å². The number of fused-ring (bicyclic) bond motifs is 1.